The van der Waals surface area contributed by atoms with E-state index in [4.69, 9.17) is 9.47 Å². The SMILES string of the molecule is CC(C)(C)COC(=O)OC1CC1. The van der Waals surface area contributed by atoms with Crippen molar-refractivity contribution in [1.82, 2.24) is 0 Å². The molecule has 1 saturated carbocycles. The van der Waals surface area contributed by atoms with E-state index in [1.165, 1.54) is 0 Å². The smallest absolute Gasteiger partial charge is 0.434 e. The first-order valence-electron chi connectivity index (χ1n) is 4.31. The zero-order valence-corrected chi connectivity index (χ0v) is 7.92. The Kier molecular flexibility index (Phi) is 2.60. The molecule has 1 rings (SSSR count). The molecule has 0 aromatic carbocycles. The molecule has 0 aromatic heterocycles. The van der Waals surface area contributed by atoms with Crippen LogP contribution in [0.25, 0.3) is 0 Å². The summed E-state index contributed by atoms with van der Waals surface area (Å²) >= 11 is 0. The van der Waals surface area contributed by atoms with E-state index in [0.717, 1.165) is 12.8 Å². The van der Waals surface area contributed by atoms with Crippen molar-refractivity contribution in [2.45, 2.75) is 39.7 Å². The zero-order chi connectivity index (χ0) is 9.19. The number of hydrogen-bond donors (Lipinski definition) is 0. The van der Waals surface area contributed by atoms with E-state index in [-0.39, 0.29) is 11.5 Å². The van der Waals surface area contributed by atoms with Crippen molar-refractivity contribution >= 4 is 6.16 Å². The molecule has 70 valence electrons. The van der Waals surface area contributed by atoms with Crippen LogP contribution >= 0.6 is 0 Å². The van der Waals surface area contributed by atoms with Crippen molar-refractivity contribution < 1.29 is 14.3 Å². The third-order valence-electron chi connectivity index (χ3n) is 1.41. The summed E-state index contributed by atoms with van der Waals surface area (Å²) in [7, 11) is 0. The third-order valence-corrected chi connectivity index (χ3v) is 1.41. The maximum atomic E-state index is 10.9. The second kappa shape index (κ2) is 3.33. The highest BCUT2D eigenvalue weighted by Crippen LogP contribution is 2.24. The van der Waals surface area contributed by atoms with Crippen LogP contribution in [0.1, 0.15) is 33.6 Å². The summed E-state index contributed by atoms with van der Waals surface area (Å²) < 4.78 is 9.79. The highest BCUT2D eigenvalue weighted by atomic mass is 16.7. The molecule has 0 atom stereocenters. The summed E-state index contributed by atoms with van der Waals surface area (Å²) in [5.74, 6) is 0. The molecule has 3 heteroatoms. The van der Waals surface area contributed by atoms with Crippen LogP contribution in [0.4, 0.5) is 4.79 Å². The quantitative estimate of drug-likeness (QED) is 0.600. The number of ether oxygens (including phenoxy) is 2. The van der Waals surface area contributed by atoms with Crippen LogP contribution in [0.5, 0.6) is 0 Å². The Bertz CT molecular complexity index is 165. The Morgan fingerprint density at radius 3 is 2.42 bits per heavy atom. The fourth-order valence-electron chi connectivity index (χ4n) is 0.631. The lowest BCUT2D eigenvalue weighted by Gasteiger charge is -2.17. The van der Waals surface area contributed by atoms with Crippen LogP contribution in [0.15, 0.2) is 0 Å². The summed E-state index contributed by atoms with van der Waals surface area (Å²) in [5, 5.41) is 0. The van der Waals surface area contributed by atoms with Gasteiger partial charge in [0.2, 0.25) is 0 Å². The van der Waals surface area contributed by atoms with E-state index in [1.807, 2.05) is 20.8 Å². The topological polar surface area (TPSA) is 35.5 Å². The van der Waals surface area contributed by atoms with Gasteiger partial charge in [-0.25, -0.2) is 4.79 Å². The van der Waals surface area contributed by atoms with E-state index >= 15 is 0 Å². The van der Waals surface area contributed by atoms with Crippen LogP contribution < -0.4 is 0 Å². The summed E-state index contributed by atoms with van der Waals surface area (Å²) in [6.45, 7) is 6.45. The standard InChI is InChI=1S/C9H16O3/c1-9(2,3)6-11-8(10)12-7-4-5-7/h7H,4-6H2,1-3H3. The Morgan fingerprint density at radius 2 is 2.00 bits per heavy atom. The molecule has 1 fully saturated rings. The van der Waals surface area contributed by atoms with Gasteiger partial charge in [-0.1, -0.05) is 20.8 Å². The van der Waals surface area contributed by atoms with E-state index in [2.05, 4.69) is 0 Å². The van der Waals surface area contributed by atoms with Crippen molar-refractivity contribution in [1.29, 1.82) is 0 Å². The van der Waals surface area contributed by atoms with Gasteiger partial charge in [0.15, 0.2) is 0 Å². The van der Waals surface area contributed by atoms with Crippen LogP contribution in [0.3, 0.4) is 0 Å². The molecular weight excluding hydrogens is 156 g/mol. The predicted octanol–water partition coefficient (Wildman–Crippen LogP) is 2.35. The molecule has 0 aliphatic heterocycles. The largest absolute Gasteiger partial charge is 0.508 e. The second-order valence-corrected chi connectivity index (χ2v) is 4.42. The number of hydrogen-bond acceptors (Lipinski definition) is 3. The second-order valence-electron chi connectivity index (χ2n) is 4.42. The fourth-order valence-corrected chi connectivity index (χ4v) is 0.631. The van der Waals surface area contributed by atoms with Gasteiger partial charge in [-0.3, -0.25) is 0 Å². The Labute approximate surface area is 73.0 Å². The third kappa shape index (κ3) is 4.21. The molecule has 12 heavy (non-hydrogen) atoms. The predicted molar refractivity (Wildman–Crippen MR) is 44.9 cm³/mol. The summed E-state index contributed by atoms with van der Waals surface area (Å²) in [6.07, 6.45) is 1.60. The van der Waals surface area contributed by atoms with E-state index in [9.17, 15) is 4.79 Å². The van der Waals surface area contributed by atoms with E-state index in [1.54, 1.807) is 0 Å². The summed E-state index contributed by atoms with van der Waals surface area (Å²) in [4.78, 5) is 10.9. The highest BCUT2D eigenvalue weighted by Gasteiger charge is 2.27. The van der Waals surface area contributed by atoms with Gasteiger partial charge in [-0.15, -0.1) is 0 Å². The first kappa shape index (κ1) is 9.36. The average Bonchev–Trinajstić information content (AvgIpc) is 2.66. The minimum absolute atomic E-state index is 0.0164. The first-order valence-corrected chi connectivity index (χ1v) is 4.31. The summed E-state index contributed by atoms with van der Waals surface area (Å²) in [6, 6.07) is 0. The van der Waals surface area contributed by atoms with Crippen LogP contribution in [-0.4, -0.2) is 18.9 Å². The van der Waals surface area contributed by atoms with Crippen LogP contribution in [-0.2, 0) is 9.47 Å². The van der Waals surface area contributed by atoms with Gasteiger partial charge in [-0.2, -0.15) is 0 Å². The van der Waals surface area contributed by atoms with E-state index in [0.29, 0.717) is 6.61 Å². The molecule has 1 aliphatic carbocycles. The van der Waals surface area contributed by atoms with Gasteiger partial charge in [0.05, 0.1) is 6.61 Å². The van der Waals surface area contributed by atoms with Crippen LogP contribution in [0.2, 0.25) is 0 Å². The lowest BCUT2D eigenvalue weighted by atomic mass is 9.99. The molecular formula is C9H16O3. The number of carbonyl (C=O) groups excluding carboxylic acids is 1. The molecule has 3 nitrogen and oxygen atoms in total. The van der Waals surface area contributed by atoms with Gasteiger partial charge in [0, 0.05) is 0 Å². The molecule has 0 unspecified atom stereocenters. The minimum atomic E-state index is -0.521. The minimum Gasteiger partial charge on any atom is -0.434 e. The number of carbonyl (C=O) groups is 1. The average molecular weight is 172 g/mol. The fraction of sp³-hybridized carbons (Fsp3) is 0.889. The highest BCUT2D eigenvalue weighted by molar-refractivity contribution is 5.60. The lowest BCUT2D eigenvalue weighted by Crippen LogP contribution is -2.19. The monoisotopic (exact) mass is 172 g/mol. The molecule has 0 heterocycles. The van der Waals surface area contributed by atoms with Gasteiger partial charge < -0.3 is 9.47 Å². The van der Waals surface area contributed by atoms with Gasteiger partial charge >= 0.3 is 6.16 Å². The molecule has 0 aromatic rings. The van der Waals surface area contributed by atoms with Crippen LogP contribution in [0, 0.1) is 5.41 Å². The first-order chi connectivity index (χ1) is 5.47. The van der Waals surface area contributed by atoms with Crippen molar-refractivity contribution in [3.63, 3.8) is 0 Å². The summed E-state index contributed by atoms with van der Waals surface area (Å²) in [5.41, 5.74) is 0.0164. The van der Waals surface area contributed by atoms with Gasteiger partial charge in [0.25, 0.3) is 0 Å². The molecule has 0 amide bonds. The normalized spacial score (nSPS) is 17.2. The van der Waals surface area contributed by atoms with Gasteiger partial charge in [0.1, 0.15) is 6.10 Å². The molecule has 0 bridgehead atoms. The van der Waals surface area contributed by atoms with Crippen molar-refractivity contribution in [2.24, 2.45) is 5.41 Å². The molecule has 0 spiro atoms. The van der Waals surface area contributed by atoms with Crippen molar-refractivity contribution in [3.8, 4) is 0 Å². The van der Waals surface area contributed by atoms with Crippen molar-refractivity contribution in [2.75, 3.05) is 6.61 Å². The lowest BCUT2D eigenvalue weighted by molar-refractivity contribution is 0.0287. The molecule has 0 saturated heterocycles. The Morgan fingerprint density at radius 1 is 1.42 bits per heavy atom. The van der Waals surface area contributed by atoms with Crippen molar-refractivity contribution in [3.05, 3.63) is 0 Å². The number of rotatable bonds is 2. The maximum absolute atomic E-state index is 10.9. The Balaban J connectivity index is 2.09. The van der Waals surface area contributed by atoms with E-state index < -0.39 is 6.16 Å². The molecule has 0 N–H and O–H groups in total. The zero-order valence-electron chi connectivity index (χ0n) is 7.92. The Hall–Kier alpha value is -0.730. The van der Waals surface area contributed by atoms with Gasteiger partial charge in [-0.05, 0) is 18.3 Å². The maximum Gasteiger partial charge on any atom is 0.508 e. The molecule has 1 aliphatic rings. The molecule has 0 radical (unpaired) electrons.